The molecule has 1 aromatic carbocycles. The van der Waals surface area contributed by atoms with Gasteiger partial charge in [0.15, 0.2) is 0 Å². The van der Waals surface area contributed by atoms with Gasteiger partial charge >= 0.3 is 0 Å². The Labute approximate surface area is 194 Å². The van der Waals surface area contributed by atoms with Gasteiger partial charge in [-0.3, -0.25) is 4.55 Å². The van der Waals surface area contributed by atoms with Gasteiger partial charge < -0.3 is 19.9 Å². The Kier molecular flexibility index (Phi) is 4.58. The second kappa shape index (κ2) is 7.65. The first-order valence-electron chi connectivity index (χ1n) is 10.7. The zero-order valence-corrected chi connectivity index (χ0v) is 18.6. The Balaban J connectivity index is 1.70. The van der Waals surface area contributed by atoms with E-state index >= 15 is 0 Å². The molecule has 0 fully saturated rings. The summed E-state index contributed by atoms with van der Waals surface area (Å²) in [5.74, 6) is 0. The van der Waals surface area contributed by atoms with E-state index in [9.17, 15) is 13.0 Å². The molecule has 7 nitrogen and oxygen atoms in total. The SMILES string of the molecule is O=S(=O)(O)c1ccccc1C1=c2ccc([nH]2)=Cc2ccc([nH]2)C=c2ccc([nH]2)=Cc2ccc1[nH]2. The van der Waals surface area contributed by atoms with Gasteiger partial charge in [-0.25, -0.2) is 0 Å². The summed E-state index contributed by atoms with van der Waals surface area (Å²) >= 11 is 0. The van der Waals surface area contributed by atoms with Gasteiger partial charge in [-0.1, -0.05) is 18.2 Å². The van der Waals surface area contributed by atoms with E-state index in [2.05, 4.69) is 19.9 Å². The third kappa shape index (κ3) is 3.75. The van der Waals surface area contributed by atoms with Crippen molar-refractivity contribution in [2.24, 2.45) is 0 Å². The molecular formula is C26H20N4O3S. The summed E-state index contributed by atoms with van der Waals surface area (Å²) in [4.78, 5) is 13.4. The summed E-state index contributed by atoms with van der Waals surface area (Å²) < 4.78 is 34.3. The Morgan fingerprint density at radius 1 is 0.588 bits per heavy atom. The van der Waals surface area contributed by atoms with Gasteiger partial charge in [0.2, 0.25) is 0 Å². The molecular weight excluding hydrogens is 448 g/mol. The Bertz CT molecular complexity index is 1900. The first-order valence-corrected chi connectivity index (χ1v) is 12.1. The monoisotopic (exact) mass is 468 g/mol. The maximum absolute atomic E-state index is 12.2. The Morgan fingerprint density at radius 3 is 1.88 bits per heavy atom. The van der Waals surface area contributed by atoms with Crippen LogP contribution in [0.4, 0.5) is 0 Å². The highest BCUT2D eigenvalue weighted by Crippen LogP contribution is 2.26. The summed E-state index contributed by atoms with van der Waals surface area (Å²) in [6.45, 7) is 0. The molecule has 168 valence electrons. The number of hydrogen-bond donors (Lipinski definition) is 5. The smallest absolute Gasteiger partial charge is 0.295 e. The maximum Gasteiger partial charge on any atom is 0.295 e. The minimum absolute atomic E-state index is 0.154. The van der Waals surface area contributed by atoms with Crippen molar-refractivity contribution in [2.45, 2.75) is 4.90 Å². The molecule has 0 radical (unpaired) electrons. The van der Waals surface area contributed by atoms with E-state index < -0.39 is 10.1 Å². The molecule has 5 heterocycles. The van der Waals surface area contributed by atoms with Crippen molar-refractivity contribution in [1.29, 1.82) is 0 Å². The van der Waals surface area contributed by atoms with Gasteiger partial charge in [0, 0.05) is 55.3 Å². The van der Waals surface area contributed by atoms with Crippen LogP contribution in [0.1, 0.15) is 28.3 Å². The van der Waals surface area contributed by atoms with Gasteiger partial charge in [-0.05, 0) is 72.8 Å². The lowest BCUT2D eigenvalue weighted by Crippen LogP contribution is -2.16. The number of benzene rings is 1. The number of aromatic amines is 4. The van der Waals surface area contributed by atoms with E-state index in [1.165, 1.54) is 6.07 Å². The number of H-pyrrole nitrogens is 4. The van der Waals surface area contributed by atoms with Crippen molar-refractivity contribution < 1.29 is 13.0 Å². The number of aromatic nitrogens is 4. The summed E-state index contributed by atoms with van der Waals surface area (Å²) in [7, 11) is -4.44. The van der Waals surface area contributed by atoms with Crippen molar-refractivity contribution in [3.05, 3.63) is 123 Å². The van der Waals surface area contributed by atoms with Crippen molar-refractivity contribution in [3.8, 4) is 0 Å². The minimum atomic E-state index is -4.44. The van der Waals surface area contributed by atoms with Crippen LogP contribution in [0.3, 0.4) is 0 Å². The van der Waals surface area contributed by atoms with Gasteiger partial charge in [0.1, 0.15) is 4.90 Å². The standard InChI is InChI=1S/C26H20N4O3S/c31-34(32,33)25-4-2-1-3-22(25)26-23-11-9-20(29-23)14-18-7-5-16(27-18)13-17-6-8-19(28-17)15-21-10-12-24(26)30-21/h1-15,27-30H,(H,31,32,33). The number of rotatable bonds is 2. The summed E-state index contributed by atoms with van der Waals surface area (Å²) in [6, 6.07) is 22.1. The van der Waals surface area contributed by atoms with E-state index in [0.717, 1.165) is 33.1 Å². The van der Waals surface area contributed by atoms with Crippen LogP contribution in [-0.2, 0) is 10.1 Å². The van der Waals surface area contributed by atoms with Gasteiger partial charge in [-0.15, -0.1) is 0 Å². The van der Waals surface area contributed by atoms with E-state index in [4.69, 9.17) is 0 Å². The predicted octanol–water partition coefficient (Wildman–Crippen LogP) is 1.29. The average molecular weight is 469 g/mol. The lowest BCUT2D eigenvalue weighted by Gasteiger charge is -2.10. The van der Waals surface area contributed by atoms with Crippen LogP contribution in [0.25, 0.3) is 23.8 Å². The van der Waals surface area contributed by atoms with Crippen LogP contribution in [0, 0.1) is 0 Å². The van der Waals surface area contributed by atoms with E-state index in [1.54, 1.807) is 18.2 Å². The van der Waals surface area contributed by atoms with Crippen molar-refractivity contribution in [1.82, 2.24) is 19.9 Å². The first-order chi connectivity index (χ1) is 16.4. The van der Waals surface area contributed by atoms with E-state index in [0.29, 0.717) is 22.2 Å². The molecule has 0 unspecified atom stereocenters. The quantitative estimate of drug-likeness (QED) is 0.247. The van der Waals surface area contributed by atoms with Crippen LogP contribution < -0.4 is 21.4 Å². The Hall–Kier alpha value is -4.27. The fourth-order valence-electron chi connectivity index (χ4n) is 4.32. The zero-order chi connectivity index (χ0) is 23.3. The third-order valence-corrected chi connectivity index (χ3v) is 6.70. The number of hydrogen-bond acceptors (Lipinski definition) is 2. The third-order valence-electron chi connectivity index (χ3n) is 5.79. The molecule has 5 aromatic rings. The minimum Gasteiger partial charge on any atom is -0.355 e. The molecule has 0 aliphatic carbocycles. The molecule has 5 N–H and O–H groups in total. The molecule has 0 amide bonds. The molecule has 4 aromatic heterocycles. The molecule has 0 spiro atoms. The summed E-state index contributed by atoms with van der Waals surface area (Å²) in [6.07, 6.45) is 6.00. The van der Waals surface area contributed by atoms with Gasteiger partial charge in [0.05, 0.1) is 0 Å². The largest absolute Gasteiger partial charge is 0.355 e. The normalized spacial score (nSPS) is 13.1. The molecule has 0 saturated heterocycles. The van der Waals surface area contributed by atoms with Crippen LogP contribution >= 0.6 is 0 Å². The van der Waals surface area contributed by atoms with Crippen LogP contribution in [0.5, 0.6) is 0 Å². The lowest BCUT2D eigenvalue weighted by atomic mass is 10.0. The maximum atomic E-state index is 12.2. The average Bonchev–Trinajstić information content (AvgIpc) is 3.59. The fourth-order valence-corrected chi connectivity index (χ4v) is 5.01. The van der Waals surface area contributed by atoms with Crippen LogP contribution in [-0.4, -0.2) is 32.9 Å². The zero-order valence-electron chi connectivity index (χ0n) is 17.8. The number of nitrogens with one attached hydrogen (secondary N) is 4. The molecule has 34 heavy (non-hydrogen) atoms. The first kappa shape index (κ1) is 20.3. The van der Waals surface area contributed by atoms with E-state index in [-0.39, 0.29) is 4.90 Å². The topological polar surface area (TPSA) is 118 Å². The molecule has 0 saturated carbocycles. The molecule has 1 aliphatic rings. The summed E-state index contributed by atoms with van der Waals surface area (Å²) in [5.41, 5.74) is 4.47. The van der Waals surface area contributed by atoms with Crippen molar-refractivity contribution in [2.75, 3.05) is 0 Å². The fraction of sp³-hybridized carbons (Fsp3) is 0. The highest BCUT2D eigenvalue weighted by molar-refractivity contribution is 7.86. The van der Waals surface area contributed by atoms with Crippen LogP contribution in [0.15, 0.2) is 77.7 Å². The molecule has 1 aliphatic heterocycles. The van der Waals surface area contributed by atoms with Crippen molar-refractivity contribution in [3.63, 3.8) is 0 Å². The second-order valence-corrected chi connectivity index (χ2v) is 9.56. The lowest BCUT2D eigenvalue weighted by molar-refractivity contribution is 0.483. The Morgan fingerprint density at radius 2 is 1.18 bits per heavy atom. The molecule has 8 heteroatoms. The van der Waals surface area contributed by atoms with Gasteiger partial charge in [-0.2, -0.15) is 8.42 Å². The van der Waals surface area contributed by atoms with Crippen molar-refractivity contribution >= 4 is 33.9 Å². The molecule has 8 bridgehead atoms. The molecule has 0 atom stereocenters. The predicted molar refractivity (Wildman–Crippen MR) is 130 cm³/mol. The second-order valence-electron chi connectivity index (χ2n) is 8.17. The van der Waals surface area contributed by atoms with Crippen LogP contribution in [0.2, 0.25) is 0 Å². The molecule has 6 rings (SSSR count). The van der Waals surface area contributed by atoms with E-state index in [1.807, 2.05) is 66.8 Å². The van der Waals surface area contributed by atoms with Gasteiger partial charge in [0.25, 0.3) is 10.1 Å². The summed E-state index contributed by atoms with van der Waals surface area (Å²) in [5, 5.41) is 3.45. The highest BCUT2D eigenvalue weighted by atomic mass is 32.2. The number of fused-ring (bicyclic) bond motifs is 8. The highest BCUT2D eigenvalue weighted by Gasteiger charge is 2.20.